The Morgan fingerprint density at radius 1 is 0.967 bits per heavy atom. The number of carbonyl (C=O) groups excluding carboxylic acids is 2. The van der Waals surface area contributed by atoms with E-state index in [0.717, 1.165) is 38.2 Å². The molecule has 4 saturated carbocycles. The highest BCUT2D eigenvalue weighted by molar-refractivity contribution is 5.95. The fraction of sp³-hybridized carbons (Fsp3) is 0.409. The van der Waals surface area contributed by atoms with Crippen molar-refractivity contribution in [3.8, 4) is 0 Å². The third kappa shape index (κ3) is 2.88. The monoisotopic (exact) mass is 415 g/mol. The van der Waals surface area contributed by atoms with Crippen molar-refractivity contribution in [1.82, 2.24) is 15.6 Å². The van der Waals surface area contributed by atoms with Gasteiger partial charge in [-0.25, -0.2) is 13.2 Å². The van der Waals surface area contributed by atoms with Gasteiger partial charge in [0.15, 0.2) is 0 Å². The number of alkyl halides is 2. The Balaban J connectivity index is 1.21. The highest BCUT2D eigenvalue weighted by atomic mass is 19.3. The molecule has 0 spiro atoms. The number of rotatable bonds is 6. The number of benzene rings is 1. The number of halogens is 3. The molecule has 6 rings (SSSR count). The van der Waals surface area contributed by atoms with E-state index in [-0.39, 0.29) is 33.7 Å². The summed E-state index contributed by atoms with van der Waals surface area (Å²) in [7, 11) is 0. The third-order valence-corrected chi connectivity index (χ3v) is 6.90. The summed E-state index contributed by atoms with van der Waals surface area (Å²) in [5.74, 6) is -1.06. The average molecular weight is 415 g/mol. The molecule has 1 aromatic heterocycles. The lowest BCUT2D eigenvalue weighted by atomic mass is 9.36. The quantitative estimate of drug-likeness (QED) is 0.755. The summed E-state index contributed by atoms with van der Waals surface area (Å²) in [6.07, 6.45) is 2.53. The zero-order chi connectivity index (χ0) is 21.1. The maximum Gasteiger partial charge on any atom is 0.270 e. The van der Waals surface area contributed by atoms with Crippen molar-refractivity contribution >= 4 is 11.8 Å². The maximum atomic E-state index is 13.1. The van der Waals surface area contributed by atoms with Crippen LogP contribution < -0.4 is 10.6 Å². The Bertz CT molecular complexity index is 1010. The lowest BCUT2D eigenvalue weighted by molar-refractivity contribution is -0.175. The smallest absolute Gasteiger partial charge is 0.270 e. The minimum atomic E-state index is -2.66. The summed E-state index contributed by atoms with van der Waals surface area (Å²) in [4.78, 5) is 29.0. The van der Waals surface area contributed by atoms with Crippen molar-refractivity contribution in [3.63, 3.8) is 0 Å². The molecule has 4 aliphatic carbocycles. The zero-order valence-electron chi connectivity index (χ0n) is 16.1. The van der Waals surface area contributed by atoms with Crippen LogP contribution in [0.4, 0.5) is 13.2 Å². The molecule has 2 bridgehead atoms. The molecule has 0 unspecified atom stereocenters. The van der Waals surface area contributed by atoms with Crippen LogP contribution in [0, 0.1) is 11.2 Å². The van der Waals surface area contributed by atoms with Gasteiger partial charge in [0.1, 0.15) is 11.5 Å². The summed E-state index contributed by atoms with van der Waals surface area (Å²) in [6, 6.07) is 7.76. The van der Waals surface area contributed by atoms with Crippen molar-refractivity contribution in [2.75, 3.05) is 0 Å². The van der Waals surface area contributed by atoms with Gasteiger partial charge >= 0.3 is 0 Å². The van der Waals surface area contributed by atoms with Crippen LogP contribution in [0.1, 0.15) is 64.9 Å². The molecule has 156 valence electrons. The van der Waals surface area contributed by atoms with E-state index >= 15 is 0 Å². The highest BCUT2D eigenvalue weighted by Gasteiger charge is 2.79. The molecule has 0 aliphatic heterocycles. The molecule has 4 aliphatic rings. The third-order valence-electron chi connectivity index (χ3n) is 6.90. The summed E-state index contributed by atoms with van der Waals surface area (Å²) in [5, 5.41) is 6.09. The molecule has 2 N–H and O–H groups in total. The Hall–Kier alpha value is -2.90. The molecular formula is C22H20F3N3O2. The molecule has 4 fully saturated rings. The first kappa shape index (κ1) is 19.1. The lowest BCUT2D eigenvalue weighted by Gasteiger charge is -2.73. The number of hydrogen-bond acceptors (Lipinski definition) is 3. The molecule has 0 radical (unpaired) electrons. The second-order valence-electron chi connectivity index (χ2n) is 8.86. The molecule has 1 heterocycles. The summed E-state index contributed by atoms with van der Waals surface area (Å²) >= 11 is 0. The van der Waals surface area contributed by atoms with Crippen molar-refractivity contribution in [2.45, 2.75) is 49.6 Å². The number of aromatic nitrogens is 1. The van der Waals surface area contributed by atoms with E-state index in [1.54, 1.807) is 0 Å². The molecule has 2 aromatic rings. The van der Waals surface area contributed by atoms with Crippen molar-refractivity contribution < 1.29 is 22.8 Å². The molecule has 0 saturated heterocycles. The standard InChI is InChI=1S/C22H20F3N3O2/c23-15-3-1-13(2-4-15)18(29)28-22(6-7-22)20-10-21(11-20,12-20)27-19(30)16-9-14(17(24)25)5-8-26-16/h1-5,8-9,17H,6-7,10-12H2,(H,27,30)(H,28,29). The second-order valence-corrected chi connectivity index (χ2v) is 8.86. The van der Waals surface area contributed by atoms with Gasteiger partial charge in [0.2, 0.25) is 0 Å². The summed E-state index contributed by atoms with van der Waals surface area (Å²) in [5.41, 5.74) is -0.507. The molecule has 8 heteroatoms. The Morgan fingerprint density at radius 3 is 2.23 bits per heavy atom. The van der Waals surface area contributed by atoms with E-state index in [9.17, 15) is 22.8 Å². The number of carbonyl (C=O) groups is 2. The minimum Gasteiger partial charge on any atom is -0.346 e. The maximum absolute atomic E-state index is 13.1. The van der Waals surface area contributed by atoms with Gasteiger partial charge < -0.3 is 10.6 Å². The fourth-order valence-electron chi connectivity index (χ4n) is 5.24. The Kier molecular flexibility index (Phi) is 4.01. The van der Waals surface area contributed by atoms with Crippen LogP contribution >= 0.6 is 0 Å². The van der Waals surface area contributed by atoms with E-state index in [2.05, 4.69) is 15.6 Å². The van der Waals surface area contributed by atoms with Crippen LogP contribution in [-0.4, -0.2) is 27.9 Å². The van der Waals surface area contributed by atoms with E-state index < -0.39 is 18.1 Å². The number of amides is 2. The van der Waals surface area contributed by atoms with Gasteiger partial charge in [-0.1, -0.05) is 0 Å². The minimum absolute atomic E-state index is 0.0164. The van der Waals surface area contributed by atoms with Gasteiger partial charge in [-0.2, -0.15) is 0 Å². The number of nitrogens with one attached hydrogen (secondary N) is 2. The first-order valence-electron chi connectivity index (χ1n) is 9.90. The zero-order valence-corrected chi connectivity index (χ0v) is 16.1. The summed E-state index contributed by atoms with van der Waals surface area (Å²) < 4.78 is 38.8. The van der Waals surface area contributed by atoms with Gasteiger partial charge in [0.25, 0.3) is 18.2 Å². The fourth-order valence-corrected chi connectivity index (χ4v) is 5.24. The van der Waals surface area contributed by atoms with Gasteiger partial charge in [0.05, 0.1) is 0 Å². The van der Waals surface area contributed by atoms with Gasteiger partial charge in [-0.05, 0) is 68.5 Å². The van der Waals surface area contributed by atoms with E-state index in [1.807, 2.05) is 0 Å². The van der Waals surface area contributed by atoms with E-state index in [1.165, 1.54) is 36.5 Å². The van der Waals surface area contributed by atoms with E-state index in [0.29, 0.717) is 5.56 Å². The Morgan fingerprint density at radius 2 is 1.63 bits per heavy atom. The normalized spacial score (nSPS) is 27.6. The van der Waals surface area contributed by atoms with Crippen LogP contribution in [0.15, 0.2) is 42.6 Å². The molecule has 2 amide bonds. The van der Waals surface area contributed by atoms with Gasteiger partial charge in [-0.3, -0.25) is 14.6 Å². The number of hydrogen-bond donors (Lipinski definition) is 2. The molecular weight excluding hydrogens is 395 g/mol. The van der Waals surface area contributed by atoms with Crippen LogP contribution in [0.25, 0.3) is 0 Å². The van der Waals surface area contributed by atoms with Crippen LogP contribution in [0.3, 0.4) is 0 Å². The first-order valence-corrected chi connectivity index (χ1v) is 9.90. The molecule has 5 nitrogen and oxygen atoms in total. The summed E-state index contributed by atoms with van der Waals surface area (Å²) in [6.45, 7) is 0. The Labute approximate surface area is 171 Å². The largest absolute Gasteiger partial charge is 0.346 e. The van der Waals surface area contributed by atoms with Gasteiger partial charge in [0, 0.05) is 33.8 Å². The lowest BCUT2D eigenvalue weighted by Crippen LogP contribution is -2.80. The SMILES string of the molecule is O=C(NC1(C23CC(NC(=O)c4cc(C(F)F)ccn4)(C2)C3)CC1)c1ccc(F)cc1. The molecule has 1 aromatic carbocycles. The molecule has 30 heavy (non-hydrogen) atoms. The van der Waals surface area contributed by atoms with Crippen molar-refractivity contribution in [3.05, 3.63) is 65.2 Å². The number of pyridine rings is 1. The highest BCUT2D eigenvalue weighted by Crippen LogP contribution is 2.76. The predicted molar refractivity (Wildman–Crippen MR) is 102 cm³/mol. The van der Waals surface area contributed by atoms with Gasteiger partial charge in [-0.15, -0.1) is 0 Å². The molecule has 0 atom stereocenters. The van der Waals surface area contributed by atoms with Crippen LogP contribution in [0.5, 0.6) is 0 Å². The predicted octanol–water partition coefficient (Wildman–Crippen LogP) is 3.77. The van der Waals surface area contributed by atoms with Crippen LogP contribution in [0.2, 0.25) is 0 Å². The van der Waals surface area contributed by atoms with Crippen molar-refractivity contribution in [1.29, 1.82) is 0 Å². The van der Waals surface area contributed by atoms with Crippen LogP contribution in [-0.2, 0) is 0 Å². The van der Waals surface area contributed by atoms with Crippen molar-refractivity contribution in [2.24, 2.45) is 5.41 Å². The second kappa shape index (κ2) is 6.30. The first-order chi connectivity index (χ1) is 14.3. The number of nitrogens with zero attached hydrogens (tertiary/aromatic N) is 1. The van der Waals surface area contributed by atoms with E-state index in [4.69, 9.17) is 0 Å². The average Bonchev–Trinajstić information content (AvgIpc) is 3.44. The topological polar surface area (TPSA) is 71.1 Å².